The fourth-order valence-electron chi connectivity index (χ4n) is 2.53. The van der Waals surface area contributed by atoms with Gasteiger partial charge < -0.3 is 5.32 Å². The van der Waals surface area contributed by atoms with E-state index >= 15 is 0 Å². The van der Waals surface area contributed by atoms with E-state index in [0.29, 0.717) is 6.04 Å². The molecule has 120 valence electrons. The van der Waals surface area contributed by atoms with Gasteiger partial charge in [0.25, 0.3) is 0 Å². The predicted octanol–water partition coefficient (Wildman–Crippen LogP) is 4.86. The molecule has 1 fully saturated rings. The number of benzene rings is 1. The fourth-order valence-corrected chi connectivity index (χ4v) is 3.22. The van der Waals surface area contributed by atoms with Crippen LogP contribution in [0.5, 0.6) is 0 Å². The Morgan fingerprint density at radius 1 is 1.38 bits per heavy atom. The molecule has 1 N–H and O–H groups in total. The first kappa shape index (κ1) is 21.2. The van der Waals surface area contributed by atoms with Crippen LogP contribution < -0.4 is 5.32 Å². The molecule has 1 heterocycles. The van der Waals surface area contributed by atoms with Gasteiger partial charge in [-0.25, -0.2) is 0 Å². The zero-order valence-electron chi connectivity index (χ0n) is 12.1. The number of nitrogens with zero attached hydrogens (tertiary/aromatic N) is 1. The quantitative estimate of drug-likeness (QED) is 0.705. The summed E-state index contributed by atoms with van der Waals surface area (Å²) in [6, 6.07) is 6.38. The van der Waals surface area contributed by atoms with E-state index in [9.17, 15) is 0 Å². The average Bonchev–Trinajstić information content (AvgIpc) is 2.40. The van der Waals surface area contributed by atoms with Crippen molar-refractivity contribution < 1.29 is 0 Å². The Hall–Kier alpha value is 0.230. The predicted molar refractivity (Wildman–Crippen MR) is 100 cm³/mol. The van der Waals surface area contributed by atoms with Crippen LogP contribution in [0.1, 0.15) is 24.9 Å². The van der Waals surface area contributed by atoms with Crippen molar-refractivity contribution >= 4 is 52.3 Å². The molecule has 21 heavy (non-hydrogen) atoms. The molecule has 0 unspecified atom stereocenters. The summed E-state index contributed by atoms with van der Waals surface area (Å²) >= 11 is 9.82. The molecule has 0 amide bonds. The van der Waals surface area contributed by atoms with Gasteiger partial charge in [-0.3, -0.25) is 4.90 Å². The normalized spacial score (nSPS) is 16.5. The molecule has 6 heteroatoms. The molecule has 0 saturated carbocycles. The molecule has 1 aliphatic heterocycles. The maximum absolute atomic E-state index is 6.16. The lowest BCUT2D eigenvalue weighted by Gasteiger charge is -2.36. The second-order valence-corrected chi connectivity index (χ2v) is 6.42. The molecule has 0 bridgehead atoms. The number of piperazine rings is 1. The molecule has 1 aliphatic rings. The first-order valence-corrected chi connectivity index (χ1v) is 7.79. The summed E-state index contributed by atoms with van der Waals surface area (Å²) in [5, 5.41) is 4.19. The van der Waals surface area contributed by atoms with Crippen LogP contribution in [0.15, 0.2) is 34.8 Å². The lowest BCUT2D eigenvalue weighted by Crippen LogP contribution is -2.45. The number of hydrogen-bond acceptors (Lipinski definition) is 2. The van der Waals surface area contributed by atoms with Crippen molar-refractivity contribution in [2.24, 2.45) is 0 Å². The monoisotopic (exact) mass is 414 g/mol. The molecule has 1 aromatic rings. The molecular formula is C15H22BrCl3N2. The van der Waals surface area contributed by atoms with Crippen LogP contribution in [0.2, 0.25) is 5.02 Å². The minimum absolute atomic E-state index is 0. The molecule has 0 radical (unpaired) electrons. The molecular weight excluding hydrogens is 394 g/mol. The van der Waals surface area contributed by atoms with E-state index in [1.807, 2.05) is 12.1 Å². The van der Waals surface area contributed by atoms with Gasteiger partial charge in [-0.05, 0) is 37.1 Å². The van der Waals surface area contributed by atoms with Gasteiger partial charge in [-0.2, -0.15) is 0 Å². The Kier molecular flexibility index (Phi) is 10.2. The largest absolute Gasteiger partial charge is 0.314 e. The van der Waals surface area contributed by atoms with Crippen molar-refractivity contribution in [2.45, 2.75) is 19.4 Å². The smallest absolute Gasteiger partial charge is 0.0410 e. The number of hydrogen-bond donors (Lipinski definition) is 1. The SMILES string of the molecule is C=C(C)C[C@@H](c1cc(Cl)ccc1Br)N1CCNCC1.Cl.Cl. The molecule has 1 saturated heterocycles. The highest BCUT2D eigenvalue weighted by Gasteiger charge is 2.24. The molecule has 1 atom stereocenters. The number of nitrogens with one attached hydrogen (secondary N) is 1. The van der Waals surface area contributed by atoms with Gasteiger partial charge in [-0.15, -0.1) is 31.4 Å². The summed E-state index contributed by atoms with van der Waals surface area (Å²) in [6.07, 6.45) is 0.971. The zero-order valence-corrected chi connectivity index (χ0v) is 16.0. The van der Waals surface area contributed by atoms with E-state index in [1.165, 1.54) is 11.1 Å². The maximum atomic E-state index is 6.16. The van der Waals surface area contributed by atoms with Gasteiger partial charge in [0.15, 0.2) is 0 Å². The Morgan fingerprint density at radius 2 is 2.00 bits per heavy atom. The second kappa shape index (κ2) is 10.1. The van der Waals surface area contributed by atoms with E-state index in [-0.39, 0.29) is 24.8 Å². The summed E-state index contributed by atoms with van der Waals surface area (Å²) in [4.78, 5) is 2.52. The topological polar surface area (TPSA) is 15.3 Å². The van der Waals surface area contributed by atoms with Crippen molar-refractivity contribution in [3.63, 3.8) is 0 Å². The van der Waals surface area contributed by atoms with E-state index in [2.05, 4.69) is 45.7 Å². The highest BCUT2D eigenvalue weighted by atomic mass is 79.9. The molecule has 2 nitrogen and oxygen atoms in total. The molecule has 0 aliphatic carbocycles. The third-order valence-corrected chi connectivity index (χ3v) is 4.41. The molecule has 1 aromatic carbocycles. The zero-order chi connectivity index (χ0) is 13.8. The van der Waals surface area contributed by atoms with E-state index in [1.54, 1.807) is 0 Å². The minimum atomic E-state index is 0. The highest BCUT2D eigenvalue weighted by molar-refractivity contribution is 9.10. The van der Waals surface area contributed by atoms with Crippen LogP contribution in [-0.4, -0.2) is 31.1 Å². The van der Waals surface area contributed by atoms with Crippen LogP contribution in [0.4, 0.5) is 0 Å². The van der Waals surface area contributed by atoms with Crippen LogP contribution in [-0.2, 0) is 0 Å². The summed E-state index contributed by atoms with van der Waals surface area (Å²) in [7, 11) is 0. The third-order valence-electron chi connectivity index (χ3n) is 3.45. The van der Waals surface area contributed by atoms with Gasteiger partial charge >= 0.3 is 0 Å². The lowest BCUT2D eigenvalue weighted by molar-refractivity contribution is 0.172. The van der Waals surface area contributed by atoms with Gasteiger partial charge in [0.2, 0.25) is 0 Å². The summed E-state index contributed by atoms with van der Waals surface area (Å²) in [5.41, 5.74) is 2.47. The highest BCUT2D eigenvalue weighted by Crippen LogP contribution is 2.34. The summed E-state index contributed by atoms with van der Waals surface area (Å²) in [5.74, 6) is 0. The van der Waals surface area contributed by atoms with Crippen LogP contribution in [0.3, 0.4) is 0 Å². The van der Waals surface area contributed by atoms with Gasteiger partial charge in [0.1, 0.15) is 0 Å². The molecule has 2 rings (SSSR count). The Morgan fingerprint density at radius 3 is 2.57 bits per heavy atom. The second-order valence-electron chi connectivity index (χ2n) is 5.13. The number of halogens is 4. The van der Waals surface area contributed by atoms with Crippen LogP contribution >= 0.6 is 52.3 Å². The van der Waals surface area contributed by atoms with Crippen molar-refractivity contribution in [1.29, 1.82) is 0 Å². The lowest BCUT2D eigenvalue weighted by atomic mass is 9.98. The summed E-state index contributed by atoms with van der Waals surface area (Å²) in [6.45, 7) is 10.4. The van der Waals surface area contributed by atoms with Crippen LogP contribution in [0.25, 0.3) is 0 Å². The minimum Gasteiger partial charge on any atom is -0.314 e. The van der Waals surface area contributed by atoms with Gasteiger partial charge in [-0.1, -0.05) is 33.1 Å². The Balaban J connectivity index is 0.00000200. The van der Waals surface area contributed by atoms with Crippen molar-refractivity contribution in [2.75, 3.05) is 26.2 Å². The van der Waals surface area contributed by atoms with E-state index in [4.69, 9.17) is 11.6 Å². The van der Waals surface area contributed by atoms with E-state index in [0.717, 1.165) is 42.1 Å². The van der Waals surface area contributed by atoms with Gasteiger partial charge in [0, 0.05) is 41.7 Å². The number of rotatable bonds is 4. The molecule has 0 spiro atoms. The third kappa shape index (κ3) is 6.09. The average molecular weight is 417 g/mol. The van der Waals surface area contributed by atoms with Crippen molar-refractivity contribution in [3.05, 3.63) is 45.4 Å². The van der Waals surface area contributed by atoms with Crippen molar-refractivity contribution in [3.8, 4) is 0 Å². The van der Waals surface area contributed by atoms with E-state index < -0.39 is 0 Å². The molecule has 0 aromatic heterocycles. The Labute approximate surface area is 153 Å². The first-order valence-electron chi connectivity index (χ1n) is 6.62. The Bertz CT molecular complexity index is 462. The van der Waals surface area contributed by atoms with Crippen molar-refractivity contribution in [1.82, 2.24) is 10.2 Å². The summed E-state index contributed by atoms with van der Waals surface area (Å²) < 4.78 is 1.13. The first-order chi connectivity index (χ1) is 9.08. The standard InChI is InChI=1S/C15H20BrClN2.2ClH/c1-11(2)9-15(19-7-5-18-6-8-19)13-10-12(17)3-4-14(13)16;;/h3-4,10,15,18H,1,5-9H2,2H3;2*1H/t15-;;/m0../s1. The fraction of sp³-hybridized carbons (Fsp3) is 0.467. The van der Waals surface area contributed by atoms with Crippen LogP contribution in [0, 0.1) is 0 Å². The maximum Gasteiger partial charge on any atom is 0.0410 e. The van der Waals surface area contributed by atoms with Gasteiger partial charge in [0.05, 0.1) is 0 Å².